The summed E-state index contributed by atoms with van der Waals surface area (Å²) in [5, 5.41) is 0. The maximum atomic E-state index is 5.76. The summed E-state index contributed by atoms with van der Waals surface area (Å²) in [7, 11) is 0. The van der Waals surface area contributed by atoms with Crippen LogP contribution in [0.15, 0.2) is 0 Å². The summed E-state index contributed by atoms with van der Waals surface area (Å²) in [5.41, 5.74) is -1.10. The number of hydrogen-bond donors (Lipinski definition) is 0. The van der Waals surface area contributed by atoms with E-state index in [4.69, 9.17) is 31.8 Å². The summed E-state index contributed by atoms with van der Waals surface area (Å²) in [6.07, 6.45) is 1.60. The van der Waals surface area contributed by atoms with Crippen LogP contribution in [0, 0.1) is 11.3 Å². The molecule has 0 saturated heterocycles. The van der Waals surface area contributed by atoms with Gasteiger partial charge in [-0.2, -0.15) is 9.78 Å². The lowest BCUT2D eigenvalue weighted by Crippen LogP contribution is -2.56. The Hall–Kier alpha value is -0.0700. The number of hydrogen-bond acceptors (Lipinski definition) is 5. The number of thiocarbonyl (C=S) groups is 1. The van der Waals surface area contributed by atoms with E-state index in [9.17, 15) is 0 Å². The zero-order chi connectivity index (χ0) is 17.4. The van der Waals surface area contributed by atoms with Crippen LogP contribution in [0.4, 0.5) is 0 Å². The Balaban J connectivity index is 3.06. The molecule has 22 heavy (non-hydrogen) atoms. The van der Waals surface area contributed by atoms with Crippen molar-refractivity contribution in [3.05, 3.63) is 0 Å². The molecule has 1 atom stereocenters. The first-order valence-corrected chi connectivity index (χ1v) is 8.36. The second kappa shape index (κ2) is 6.44. The summed E-state index contributed by atoms with van der Waals surface area (Å²) in [4.78, 5) is 23.3. The van der Waals surface area contributed by atoms with Crippen LogP contribution in [-0.4, -0.2) is 21.9 Å². The molecule has 130 valence electrons. The van der Waals surface area contributed by atoms with Crippen LogP contribution in [0.5, 0.6) is 0 Å². The van der Waals surface area contributed by atoms with E-state index in [1.54, 1.807) is 0 Å². The fourth-order valence-corrected chi connectivity index (χ4v) is 2.88. The normalized spacial score (nSPS) is 25.3. The van der Waals surface area contributed by atoms with Crippen LogP contribution in [0.1, 0.15) is 75.2 Å². The second-order valence-electron chi connectivity index (χ2n) is 9.04. The van der Waals surface area contributed by atoms with E-state index in [0.29, 0.717) is 17.2 Å². The highest BCUT2D eigenvalue weighted by atomic mass is 32.1. The van der Waals surface area contributed by atoms with Gasteiger partial charge in [0.15, 0.2) is 0 Å². The summed E-state index contributed by atoms with van der Waals surface area (Å²) in [6, 6.07) is 0. The van der Waals surface area contributed by atoms with Gasteiger partial charge in [-0.05, 0) is 53.9 Å². The fourth-order valence-electron chi connectivity index (χ4n) is 2.65. The van der Waals surface area contributed by atoms with E-state index in [0.717, 1.165) is 6.42 Å². The Morgan fingerprint density at radius 1 is 0.909 bits per heavy atom. The minimum atomic E-state index is -1.16. The lowest BCUT2D eigenvalue weighted by Gasteiger charge is -2.46. The first-order chi connectivity index (χ1) is 9.67. The first kappa shape index (κ1) is 20.0. The Bertz CT molecular complexity index is 386. The first-order valence-electron chi connectivity index (χ1n) is 7.95. The minimum absolute atomic E-state index is 0.185. The Kier molecular flexibility index (Phi) is 5.85. The molecule has 1 aliphatic rings. The molecule has 0 radical (unpaired) electrons. The molecule has 1 rings (SSSR count). The molecule has 1 aliphatic carbocycles. The molecule has 1 saturated carbocycles. The molecule has 4 nitrogen and oxygen atoms in total. The van der Waals surface area contributed by atoms with Crippen molar-refractivity contribution in [2.75, 3.05) is 0 Å². The molecule has 5 heteroatoms. The predicted molar refractivity (Wildman–Crippen MR) is 91.4 cm³/mol. The van der Waals surface area contributed by atoms with E-state index >= 15 is 0 Å². The minimum Gasteiger partial charge on any atom is -0.227 e. The van der Waals surface area contributed by atoms with Crippen molar-refractivity contribution in [2.24, 2.45) is 11.3 Å². The smallest absolute Gasteiger partial charge is 0.227 e. The molecule has 0 aromatic heterocycles. The van der Waals surface area contributed by atoms with Crippen molar-refractivity contribution in [3.8, 4) is 0 Å². The topological polar surface area (TPSA) is 36.9 Å². The summed E-state index contributed by atoms with van der Waals surface area (Å²) in [6.45, 7) is 17.9. The standard InChI is InChI=1S/C17H32O4S/c1-12-10-16(8,9)13(22)17(11-12,20-18-14(2,3)4)21-19-15(5,6)7/h12H,10-11H2,1-9H3. The predicted octanol–water partition coefficient (Wildman–Crippen LogP) is 5.00. The fraction of sp³-hybridized carbons (Fsp3) is 0.941. The van der Waals surface area contributed by atoms with Crippen LogP contribution >= 0.6 is 12.2 Å². The number of rotatable bonds is 4. The molecule has 0 N–H and O–H groups in total. The van der Waals surface area contributed by atoms with E-state index in [2.05, 4.69) is 20.8 Å². The zero-order valence-electron chi connectivity index (χ0n) is 15.5. The third-order valence-corrected chi connectivity index (χ3v) is 4.15. The molecule has 0 aromatic rings. The summed E-state index contributed by atoms with van der Waals surface area (Å²) >= 11 is 5.70. The van der Waals surface area contributed by atoms with Gasteiger partial charge in [0.25, 0.3) is 5.79 Å². The van der Waals surface area contributed by atoms with Gasteiger partial charge < -0.3 is 0 Å². The van der Waals surface area contributed by atoms with E-state index in [1.165, 1.54) is 0 Å². The van der Waals surface area contributed by atoms with Crippen molar-refractivity contribution >= 4 is 17.1 Å². The molecule has 1 fully saturated rings. The van der Waals surface area contributed by atoms with E-state index in [1.807, 2.05) is 41.5 Å². The van der Waals surface area contributed by atoms with Gasteiger partial charge in [-0.15, -0.1) is 0 Å². The Morgan fingerprint density at radius 2 is 1.32 bits per heavy atom. The average Bonchev–Trinajstić information content (AvgIpc) is 2.28. The van der Waals surface area contributed by atoms with Crippen LogP contribution in [0.3, 0.4) is 0 Å². The SMILES string of the molecule is CC1CC(C)(C)C(=S)C(OOC(C)(C)C)(OOC(C)(C)C)C1. The second-order valence-corrected chi connectivity index (χ2v) is 9.45. The molecule has 0 bridgehead atoms. The van der Waals surface area contributed by atoms with Gasteiger partial charge in [0.1, 0.15) is 0 Å². The van der Waals surface area contributed by atoms with Crippen molar-refractivity contribution in [1.82, 2.24) is 0 Å². The quantitative estimate of drug-likeness (QED) is 0.313. The summed E-state index contributed by atoms with van der Waals surface area (Å²) < 4.78 is 0. The van der Waals surface area contributed by atoms with Gasteiger partial charge in [-0.3, -0.25) is 0 Å². The van der Waals surface area contributed by atoms with Crippen molar-refractivity contribution in [2.45, 2.75) is 92.1 Å². The monoisotopic (exact) mass is 332 g/mol. The Morgan fingerprint density at radius 3 is 1.68 bits per heavy atom. The molecule has 0 aromatic carbocycles. The molecule has 0 heterocycles. The molecular formula is C17H32O4S. The van der Waals surface area contributed by atoms with Crippen LogP contribution < -0.4 is 0 Å². The van der Waals surface area contributed by atoms with Crippen LogP contribution in [0.2, 0.25) is 0 Å². The molecule has 1 unspecified atom stereocenters. The molecule has 0 spiro atoms. The van der Waals surface area contributed by atoms with Gasteiger partial charge in [0, 0.05) is 11.8 Å². The lowest BCUT2D eigenvalue weighted by atomic mass is 9.70. The maximum absolute atomic E-state index is 5.76. The highest BCUT2D eigenvalue weighted by Crippen LogP contribution is 2.45. The van der Waals surface area contributed by atoms with E-state index in [-0.39, 0.29) is 5.41 Å². The summed E-state index contributed by atoms with van der Waals surface area (Å²) in [5.74, 6) is -0.773. The van der Waals surface area contributed by atoms with Gasteiger partial charge >= 0.3 is 0 Å². The molecule has 0 amide bonds. The van der Waals surface area contributed by atoms with E-state index < -0.39 is 17.0 Å². The third-order valence-electron chi connectivity index (χ3n) is 3.29. The van der Waals surface area contributed by atoms with Gasteiger partial charge in [0.05, 0.1) is 16.1 Å². The largest absolute Gasteiger partial charge is 0.265 e. The lowest BCUT2D eigenvalue weighted by molar-refractivity contribution is -0.524. The van der Waals surface area contributed by atoms with Gasteiger partial charge in [-0.25, -0.2) is 9.78 Å². The van der Waals surface area contributed by atoms with Crippen molar-refractivity contribution < 1.29 is 19.6 Å². The highest BCUT2D eigenvalue weighted by Gasteiger charge is 2.53. The van der Waals surface area contributed by atoms with Crippen molar-refractivity contribution in [3.63, 3.8) is 0 Å². The van der Waals surface area contributed by atoms with Gasteiger partial charge in [-0.1, -0.05) is 33.0 Å². The zero-order valence-corrected chi connectivity index (χ0v) is 16.3. The molecular weight excluding hydrogens is 300 g/mol. The van der Waals surface area contributed by atoms with Crippen LogP contribution in [0.25, 0.3) is 0 Å². The Labute approximate surface area is 140 Å². The van der Waals surface area contributed by atoms with Crippen LogP contribution in [-0.2, 0) is 19.6 Å². The maximum Gasteiger partial charge on any atom is 0.265 e. The highest BCUT2D eigenvalue weighted by molar-refractivity contribution is 7.80. The van der Waals surface area contributed by atoms with Gasteiger partial charge in [0.2, 0.25) is 0 Å². The molecule has 0 aliphatic heterocycles. The van der Waals surface area contributed by atoms with Crippen molar-refractivity contribution in [1.29, 1.82) is 0 Å². The third kappa shape index (κ3) is 5.53. The average molecular weight is 333 g/mol.